The van der Waals surface area contributed by atoms with E-state index >= 15 is 0 Å². The van der Waals surface area contributed by atoms with E-state index < -0.39 is 17.9 Å². The predicted octanol–water partition coefficient (Wildman–Crippen LogP) is 1.21. The molecule has 0 spiro atoms. The first-order valence-electron chi connectivity index (χ1n) is 5.60. The summed E-state index contributed by atoms with van der Waals surface area (Å²) in [7, 11) is 0. The molecule has 2 rings (SSSR count). The number of rotatable bonds is 3. The second-order valence-corrected chi connectivity index (χ2v) is 5.39. The van der Waals surface area contributed by atoms with Crippen LogP contribution in [0.4, 0.5) is 5.69 Å². The van der Waals surface area contributed by atoms with Gasteiger partial charge in [-0.2, -0.15) is 0 Å². The molecule has 1 aromatic rings. The van der Waals surface area contributed by atoms with Crippen LogP contribution in [-0.4, -0.2) is 28.9 Å². The Morgan fingerprint density at radius 1 is 1.42 bits per heavy atom. The van der Waals surface area contributed by atoms with Gasteiger partial charge in [0, 0.05) is 9.99 Å². The second kappa shape index (κ2) is 5.55. The first-order valence-corrected chi connectivity index (χ1v) is 6.68. The molecule has 1 fully saturated rings. The number of carboxylic acids is 1. The van der Waals surface area contributed by atoms with Gasteiger partial charge in [0.15, 0.2) is 0 Å². The summed E-state index contributed by atoms with van der Waals surface area (Å²) in [6.45, 7) is 0. The van der Waals surface area contributed by atoms with Crippen molar-refractivity contribution in [3.63, 3.8) is 0 Å². The third-order valence-corrected chi connectivity index (χ3v) is 3.45. The van der Waals surface area contributed by atoms with Crippen molar-refractivity contribution in [2.45, 2.75) is 18.9 Å². The topological polar surface area (TPSA) is 95.5 Å². The Morgan fingerprint density at radius 2 is 2.16 bits per heavy atom. The molecule has 1 heterocycles. The van der Waals surface area contributed by atoms with Gasteiger partial charge in [-0.1, -0.05) is 0 Å². The van der Waals surface area contributed by atoms with E-state index in [4.69, 9.17) is 5.11 Å². The van der Waals surface area contributed by atoms with Gasteiger partial charge in [-0.15, -0.1) is 0 Å². The van der Waals surface area contributed by atoms with Crippen LogP contribution in [0.25, 0.3) is 0 Å². The first-order chi connectivity index (χ1) is 8.97. The Morgan fingerprint density at radius 3 is 2.74 bits per heavy atom. The molecule has 19 heavy (non-hydrogen) atoms. The smallest absolute Gasteiger partial charge is 0.337 e. The zero-order valence-electron chi connectivity index (χ0n) is 9.77. The monoisotopic (exact) mass is 374 g/mol. The lowest BCUT2D eigenvalue weighted by molar-refractivity contribution is -0.122. The van der Waals surface area contributed by atoms with Gasteiger partial charge in [0.05, 0.1) is 11.3 Å². The van der Waals surface area contributed by atoms with Crippen LogP contribution in [0, 0.1) is 3.57 Å². The molecule has 1 aromatic carbocycles. The van der Waals surface area contributed by atoms with Gasteiger partial charge in [-0.05, 0) is 47.2 Å². The van der Waals surface area contributed by atoms with Gasteiger partial charge < -0.3 is 15.7 Å². The Bertz CT molecular complexity index is 559. The maximum Gasteiger partial charge on any atom is 0.337 e. The maximum atomic E-state index is 11.9. The highest BCUT2D eigenvalue weighted by molar-refractivity contribution is 14.1. The summed E-state index contributed by atoms with van der Waals surface area (Å²) in [6.07, 6.45) is 0.744. The highest BCUT2D eigenvalue weighted by Gasteiger charge is 2.27. The number of hydrogen-bond donors (Lipinski definition) is 3. The fraction of sp³-hybridized carbons (Fsp3) is 0.250. The van der Waals surface area contributed by atoms with Gasteiger partial charge in [-0.3, -0.25) is 9.59 Å². The average Bonchev–Trinajstić information content (AvgIpc) is 2.78. The number of anilines is 1. The molecular weight excluding hydrogens is 363 g/mol. The molecule has 0 bridgehead atoms. The van der Waals surface area contributed by atoms with Gasteiger partial charge in [0.2, 0.25) is 11.8 Å². The van der Waals surface area contributed by atoms with Crippen molar-refractivity contribution < 1.29 is 19.5 Å². The zero-order valence-corrected chi connectivity index (χ0v) is 11.9. The number of benzene rings is 1. The molecular formula is C12H11IN2O4. The van der Waals surface area contributed by atoms with Crippen molar-refractivity contribution in [1.82, 2.24) is 5.32 Å². The van der Waals surface area contributed by atoms with Crippen LogP contribution in [0.1, 0.15) is 23.2 Å². The summed E-state index contributed by atoms with van der Waals surface area (Å²) >= 11 is 2.00. The summed E-state index contributed by atoms with van der Waals surface area (Å²) in [5.41, 5.74) is 0.267. The molecule has 100 valence electrons. The fourth-order valence-electron chi connectivity index (χ4n) is 1.83. The standard InChI is InChI=1S/C12H11IN2O4/c13-6-1-2-8(7(5-6)12(18)19)15-11(17)9-3-4-10(16)14-9/h1-2,5,9H,3-4H2,(H,14,16)(H,15,17)(H,18,19)/t9-/m0/s1. The Balaban J connectivity index is 2.17. The van der Waals surface area contributed by atoms with Crippen molar-refractivity contribution in [3.05, 3.63) is 27.3 Å². The molecule has 7 heteroatoms. The lowest BCUT2D eigenvalue weighted by atomic mass is 10.1. The van der Waals surface area contributed by atoms with Crippen LogP contribution in [-0.2, 0) is 9.59 Å². The lowest BCUT2D eigenvalue weighted by Gasteiger charge is -2.13. The van der Waals surface area contributed by atoms with Crippen LogP contribution in [0.2, 0.25) is 0 Å². The first kappa shape index (κ1) is 13.8. The van der Waals surface area contributed by atoms with E-state index in [0.717, 1.165) is 3.57 Å². The molecule has 0 radical (unpaired) electrons. The van der Waals surface area contributed by atoms with Crippen molar-refractivity contribution >= 4 is 46.1 Å². The minimum absolute atomic E-state index is 0.0320. The highest BCUT2D eigenvalue weighted by atomic mass is 127. The Labute approximate surface area is 122 Å². The largest absolute Gasteiger partial charge is 0.478 e. The molecule has 0 unspecified atom stereocenters. The summed E-state index contributed by atoms with van der Waals surface area (Å²) in [5, 5.41) is 14.2. The molecule has 6 nitrogen and oxygen atoms in total. The van der Waals surface area contributed by atoms with Gasteiger partial charge in [0.25, 0.3) is 0 Å². The molecule has 1 aliphatic rings. The minimum atomic E-state index is -1.11. The summed E-state index contributed by atoms with van der Waals surface area (Å²) in [6, 6.07) is 4.13. The quantitative estimate of drug-likeness (QED) is 0.693. The van der Waals surface area contributed by atoms with Crippen molar-refractivity contribution in [1.29, 1.82) is 0 Å². The number of hydrogen-bond acceptors (Lipinski definition) is 3. The molecule has 1 atom stereocenters. The van der Waals surface area contributed by atoms with E-state index in [-0.39, 0.29) is 17.2 Å². The highest BCUT2D eigenvalue weighted by Crippen LogP contribution is 2.20. The normalized spacial score (nSPS) is 17.9. The minimum Gasteiger partial charge on any atom is -0.478 e. The van der Waals surface area contributed by atoms with E-state index in [9.17, 15) is 14.4 Å². The van der Waals surface area contributed by atoms with Crippen molar-refractivity contribution in [2.24, 2.45) is 0 Å². The van der Waals surface area contributed by atoms with Crippen LogP contribution in [0.15, 0.2) is 18.2 Å². The average molecular weight is 374 g/mol. The Hall–Kier alpha value is -1.64. The number of aromatic carboxylic acids is 1. The van der Waals surface area contributed by atoms with E-state index in [0.29, 0.717) is 12.8 Å². The van der Waals surface area contributed by atoms with Crippen molar-refractivity contribution in [3.8, 4) is 0 Å². The summed E-state index contributed by atoms with van der Waals surface area (Å²) in [4.78, 5) is 34.0. The number of nitrogens with one attached hydrogen (secondary N) is 2. The Kier molecular flexibility index (Phi) is 4.03. The molecule has 1 saturated heterocycles. The van der Waals surface area contributed by atoms with Crippen LogP contribution < -0.4 is 10.6 Å². The van der Waals surface area contributed by atoms with Crippen molar-refractivity contribution in [2.75, 3.05) is 5.32 Å². The molecule has 0 aromatic heterocycles. The molecule has 0 aliphatic carbocycles. The van der Waals surface area contributed by atoms with Gasteiger partial charge >= 0.3 is 5.97 Å². The van der Waals surface area contributed by atoms with Gasteiger partial charge in [-0.25, -0.2) is 4.79 Å². The summed E-state index contributed by atoms with van der Waals surface area (Å²) in [5.74, 6) is -1.67. The third-order valence-electron chi connectivity index (χ3n) is 2.78. The van der Waals surface area contributed by atoms with E-state index in [1.165, 1.54) is 6.07 Å². The number of carboxylic acid groups (broad SMARTS) is 1. The molecule has 3 N–H and O–H groups in total. The maximum absolute atomic E-state index is 11.9. The molecule has 1 aliphatic heterocycles. The zero-order chi connectivity index (χ0) is 14.0. The summed E-state index contributed by atoms with van der Waals surface area (Å²) < 4.78 is 0.766. The SMILES string of the molecule is O=C1CC[C@@H](C(=O)Nc2ccc(I)cc2C(=O)O)N1. The number of halogens is 1. The van der Waals surface area contributed by atoms with E-state index in [1.54, 1.807) is 12.1 Å². The lowest BCUT2D eigenvalue weighted by Crippen LogP contribution is -2.37. The number of amides is 2. The third kappa shape index (κ3) is 3.22. The predicted molar refractivity (Wildman–Crippen MR) is 75.9 cm³/mol. The number of carbonyl (C=O) groups excluding carboxylic acids is 2. The molecule has 2 amide bonds. The molecule has 0 saturated carbocycles. The van der Waals surface area contributed by atoms with Gasteiger partial charge in [0.1, 0.15) is 6.04 Å². The van der Waals surface area contributed by atoms with Crippen LogP contribution in [0.5, 0.6) is 0 Å². The van der Waals surface area contributed by atoms with Crippen LogP contribution in [0.3, 0.4) is 0 Å². The second-order valence-electron chi connectivity index (χ2n) is 4.14. The van der Waals surface area contributed by atoms with E-state index in [1.807, 2.05) is 22.6 Å². The van der Waals surface area contributed by atoms with E-state index in [2.05, 4.69) is 10.6 Å². The fourth-order valence-corrected chi connectivity index (χ4v) is 2.32. The number of carbonyl (C=O) groups is 3. The van der Waals surface area contributed by atoms with Crippen LogP contribution >= 0.6 is 22.6 Å².